The van der Waals surface area contributed by atoms with Crippen molar-refractivity contribution in [3.8, 4) is 0 Å². The Morgan fingerprint density at radius 3 is 2.55 bits per heavy atom. The van der Waals surface area contributed by atoms with Crippen molar-refractivity contribution in [3.05, 3.63) is 66.4 Å². The summed E-state index contributed by atoms with van der Waals surface area (Å²) in [7, 11) is 0. The zero-order valence-electron chi connectivity index (χ0n) is 11.2. The lowest BCUT2D eigenvalue weighted by Crippen LogP contribution is -1.97. The molecule has 3 rings (SSSR count). The highest BCUT2D eigenvalue weighted by Gasteiger charge is 2.08. The van der Waals surface area contributed by atoms with Gasteiger partial charge < -0.3 is 5.32 Å². The molecule has 0 aliphatic heterocycles. The van der Waals surface area contributed by atoms with Crippen molar-refractivity contribution in [1.29, 1.82) is 0 Å². The molecule has 0 fully saturated rings. The number of benzene rings is 2. The standard InChI is InChI=1S/C17H15ClN2/c1-12(18)13-6-2-5-9-16(13)20-17-10-11-19-15-8-4-3-7-14(15)17/h2-12H,1H3,(H,19,20). The Hall–Kier alpha value is -2.06. The molecule has 0 saturated heterocycles. The van der Waals surface area contributed by atoms with Gasteiger partial charge in [0.05, 0.1) is 10.9 Å². The number of fused-ring (bicyclic) bond motifs is 1. The molecular formula is C17H15ClN2. The molecule has 0 spiro atoms. The normalized spacial score (nSPS) is 12.3. The molecule has 3 aromatic rings. The summed E-state index contributed by atoms with van der Waals surface area (Å²) in [5, 5.41) is 4.54. The third-order valence-electron chi connectivity index (χ3n) is 3.31. The van der Waals surface area contributed by atoms with E-state index in [1.54, 1.807) is 0 Å². The van der Waals surface area contributed by atoms with Crippen LogP contribution in [0.15, 0.2) is 60.8 Å². The molecule has 1 heterocycles. The molecule has 3 heteroatoms. The summed E-state index contributed by atoms with van der Waals surface area (Å²) in [6, 6.07) is 18.2. The number of nitrogens with one attached hydrogen (secondary N) is 1. The number of halogens is 1. The smallest absolute Gasteiger partial charge is 0.0722 e. The molecule has 100 valence electrons. The van der Waals surface area contributed by atoms with Crippen LogP contribution < -0.4 is 5.32 Å². The third-order valence-corrected chi connectivity index (χ3v) is 3.54. The van der Waals surface area contributed by atoms with Crippen LogP contribution in [0.1, 0.15) is 17.9 Å². The predicted octanol–water partition coefficient (Wildman–Crippen LogP) is 5.28. The van der Waals surface area contributed by atoms with Gasteiger partial charge >= 0.3 is 0 Å². The van der Waals surface area contributed by atoms with E-state index in [1.165, 1.54) is 0 Å². The first-order chi connectivity index (χ1) is 9.75. The lowest BCUT2D eigenvalue weighted by atomic mass is 10.1. The Bertz CT molecular complexity index is 732. The number of nitrogens with zero attached hydrogens (tertiary/aromatic N) is 1. The van der Waals surface area contributed by atoms with E-state index in [-0.39, 0.29) is 5.38 Å². The number of rotatable bonds is 3. The molecule has 0 saturated carbocycles. The fraction of sp³-hybridized carbons (Fsp3) is 0.118. The van der Waals surface area contributed by atoms with Crippen molar-refractivity contribution in [1.82, 2.24) is 4.98 Å². The Kier molecular flexibility index (Phi) is 3.57. The molecule has 0 radical (unpaired) electrons. The summed E-state index contributed by atoms with van der Waals surface area (Å²) in [5.74, 6) is 0. The number of aromatic nitrogens is 1. The highest BCUT2D eigenvalue weighted by molar-refractivity contribution is 6.21. The Balaban J connectivity index is 2.06. The summed E-state index contributed by atoms with van der Waals surface area (Å²) in [4.78, 5) is 4.37. The maximum Gasteiger partial charge on any atom is 0.0722 e. The van der Waals surface area contributed by atoms with E-state index in [0.29, 0.717) is 0 Å². The molecule has 0 aliphatic carbocycles. The molecule has 1 N–H and O–H groups in total. The first kappa shape index (κ1) is 12.9. The highest BCUT2D eigenvalue weighted by Crippen LogP contribution is 2.31. The van der Waals surface area contributed by atoms with Gasteiger partial charge in [-0.15, -0.1) is 11.6 Å². The Labute approximate surface area is 123 Å². The van der Waals surface area contributed by atoms with Crippen LogP contribution in [0, 0.1) is 0 Å². The topological polar surface area (TPSA) is 24.9 Å². The number of pyridine rings is 1. The maximum absolute atomic E-state index is 6.24. The monoisotopic (exact) mass is 282 g/mol. The van der Waals surface area contributed by atoms with E-state index in [2.05, 4.69) is 16.4 Å². The minimum atomic E-state index is -0.0354. The van der Waals surface area contributed by atoms with Gasteiger partial charge in [-0.25, -0.2) is 0 Å². The Morgan fingerprint density at radius 2 is 1.70 bits per heavy atom. The molecule has 0 amide bonds. The zero-order valence-corrected chi connectivity index (χ0v) is 11.9. The lowest BCUT2D eigenvalue weighted by molar-refractivity contribution is 1.09. The second-order valence-electron chi connectivity index (χ2n) is 4.70. The Morgan fingerprint density at radius 1 is 0.950 bits per heavy atom. The maximum atomic E-state index is 6.24. The van der Waals surface area contributed by atoms with Crippen molar-refractivity contribution in [3.63, 3.8) is 0 Å². The summed E-state index contributed by atoms with van der Waals surface area (Å²) in [6.45, 7) is 1.98. The summed E-state index contributed by atoms with van der Waals surface area (Å²) >= 11 is 6.24. The minimum Gasteiger partial charge on any atom is -0.355 e. The van der Waals surface area contributed by atoms with Crippen molar-refractivity contribution in [2.75, 3.05) is 5.32 Å². The molecule has 20 heavy (non-hydrogen) atoms. The zero-order chi connectivity index (χ0) is 13.9. The average molecular weight is 283 g/mol. The highest BCUT2D eigenvalue weighted by atomic mass is 35.5. The quantitative estimate of drug-likeness (QED) is 0.661. The van der Waals surface area contributed by atoms with Crippen molar-refractivity contribution < 1.29 is 0 Å². The molecule has 1 unspecified atom stereocenters. The predicted molar refractivity (Wildman–Crippen MR) is 85.7 cm³/mol. The molecule has 1 atom stereocenters. The van der Waals surface area contributed by atoms with E-state index < -0.39 is 0 Å². The molecule has 2 nitrogen and oxygen atoms in total. The van der Waals surface area contributed by atoms with Crippen LogP contribution in [0.2, 0.25) is 0 Å². The van der Waals surface area contributed by atoms with Crippen molar-refractivity contribution in [2.24, 2.45) is 0 Å². The number of anilines is 2. The molecule has 0 bridgehead atoms. The largest absolute Gasteiger partial charge is 0.355 e. The van der Waals surface area contributed by atoms with E-state index in [1.807, 2.05) is 61.7 Å². The van der Waals surface area contributed by atoms with Gasteiger partial charge in [0.15, 0.2) is 0 Å². The number of alkyl halides is 1. The van der Waals surface area contributed by atoms with Crippen molar-refractivity contribution in [2.45, 2.75) is 12.3 Å². The van der Waals surface area contributed by atoms with Gasteiger partial charge in [-0.2, -0.15) is 0 Å². The van der Waals surface area contributed by atoms with Crippen LogP contribution in [0.5, 0.6) is 0 Å². The van der Waals surface area contributed by atoms with Crippen LogP contribution in [0.25, 0.3) is 10.9 Å². The lowest BCUT2D eigenvalue weighted by Gasteiger charge is -2.14. The number of hydrogen-bond donors (Lipinski definition) is 1. The fourth-order valence-electron chi connectivity index (χ4n) is 2.31. The molecule has 2 aromatic carbocycles. The van der Waals surface area contributed by atoms with E-state index in [9.17, 15) is 0 Å². The van der Waals surface area contributed by atoms with E-state index in [0.717, 1.165) is 27.8 Å². The van der Waals surface area contributed by atoms with Gasteiger partial charge in [0.25, 0.3) is 0 Å². The van der Waals surface area contributed by atoms with Gasteiger partial charge in [-0.1, -0.05) is 36.4 Å². The first-order valence-corrected chi connectivity index (χ1v) is 7.03. The number of para-hydroxylation sites is 2. The van der Waals surface area contributed by atoms with Gasteiger partial charge in [0.2, 0.25) is 0 Å². The van der Waals surface area contributed by atoms with Gasteiger partial charge in [-0.05, 0) is 30.7 Å². The SMILES string of the molecule is CC(Cl)c1ccccc1Nc1ccnc2ccccc12. The van der Waals surface area contributed by atoms with E-state index >= 15 is 0 Å². The van der Waals surface area contributed by atoms with Crippen LogP contribution in [0.3, 0.4) is 0 Å². The summed E-state index contributed by atoms with van der Waals surface area (Å²) < 4.78 is 0. The summed E-state index contributed by atoms with van der Waals surface area (Å²) in [6.07, 6.45) is 1.82. The number of hydrogen-bond acceptors (Lipinski definition) is 2. The van der Waals surface area contributed by atoms with E-state index in [4.69, 9.17) is 11.6 Å². The van der Waals surface area contributed by atoms with Gasteiger partial charge in [0.1, 0.15) is 0 Å². The van der Waals surface area contributed by atoms with Gasteiger partial charge in [0, 0.05) is 23.0 Å². The van der Waals surface area contributed by atoms with Crippen LogP contribution in [-0.2, 0) is 0 Å². The minimum absolute atomic E-state index is 0.0354. The molecule has 1 aromatic heterocycles. The third kappa shape index (κ3) is 2.47. The second kappa shape index (κ2) is 5.51. The summed E-state index contributed by atoms with van der Waals surface area (Å²) in [5.41, 5.74) is 4.15. The van der Waals surface area contributed by atoms with Crippen LogP contribution in [-0.4, -0.2) is 4.98 Å². The fourth-order valence-corrected chi connectivity index (χ4v) is 2.50. The van der Waals surface area contributed by atoms with Crippen LogP contribution >= 0.6 is 11.6 Å². The molecular weight excluding hydrogens is 268 g/mol. The molecule has 0 aliphatic rings. The van der Waals surface area contributed by atoms with Gasteiger partial charge in [-0.3, -0.25) is 4.98 Å². The first-order valence-electron chi connectivity index (χ1n) is 6.59. The van der Waals surface area contributed by atoms with Crippen LogP contribution in [0.4, 0.5) is 11.4 Å². The average Bonchev–Trinajstić information content (AvgIpc) is 2.48. The second-order valence-corrected chi connectivity index (χ2v) is 5.36. The van der Waals surface area contributed by atoms with Crippen molar-refractivity contribution >= 4 is 33.9 Å².